The molecule has 2 nitrogen and oxygen atoms in total. The maximum absolute atomic E-state index is 9.26. The zero-order chi connectivity index (χ0) is 12.4. The Morgan fingerprint density at radius 2 is 1.71 bits per heavy atom. The number of nitrogens with zero attached hydrogens (tertiary/aromatic N) is 1. The third-order valence-electron chi connectivity index (χ3n) is 4.11. The van der Waals surface area contributed by atoms with Crippen molar-refractivity contribution in [2.75, 3.05) is 13.1 Å². The lowest BCUT2D eigenvalue weighted by Gasteiger charge is -2.24. The molecule has 1 heterocycles. The SMILES string of the molecule is CC1CN(C(C)Cc2ccc(O)cc2)CC1C. The monoisotopic (exact) mass is 233 g/mol. The molecule has 3 unspecified atom stereocenters. The van der Waals surface area contributed by atoms with Crippen LogP contribution in [0.25, 0.3) is 0 Å². The number of aromatic hydroxyl groups is 1. The van der Waals surface area contributed by atoms with Gasteiger partial charge in [0.2, 0.25) is 0 Å². The topological polar surface area (TPSA) is 23.5 Å². The fourth-order valence-corrected chi connectivity index (χ4v) is 2.64. The van der Waals surface area contributed by atoms with Gasteiger partial charge in [-0.1, -0.05) is 26.0 Å². The van der Waals surface area contributed by atoms with Gasteiger partial charge in [-0.2, -0.15) is 0 Å². The van der Waals surface area contributed by atoms with E-state index < -0.39 is 0 Å². The lowest BCUT2D eigenvalue weighted by Crippen LogP contribution is -2.32. The van der Waals surface area contributed by atoms with Crippen molar-refractivity contribution in [2.45, 2.75) is 33.2 Å². The van der Waals surface area contributed by atoms with Gasteiger partial charge in [-0.25, -0.2) is 0 Å². The molecule has 17 heavy (non-hydrogen) atoms. The highest BCUT2D eigenvalue weighted by Crippen LogP contribution is 2.25. The molecule has 1 aromatic rings. The molecule has 1 saturated heterocycles. The molecular weight excluding hydrogens is 210 g/mol. The first-order valence-corrected chi connectivity index (χ1v) is 6.58. The van der Waals surface area contributed by atoms with Crippen LogP contribution in [0, 0.1) is 11.8 Å². The van der Waals surface area contributed by atoms with Crippen molar-refractivity contribution in [3.8, 4) is 5.75 Å². The summed E-state index contributed by atoms with van der Waals surface area (Å²) in [6, 6.07) is 8.19. The van der Waals surface area contributed by atoms with Crippen LogP contribution in [-0.4, -0.2) is 29.1 Å². The Kier molecular flexibility index (Phi) is 3.72. The van der Waals surface area contributed by atoms with E-state index in [0.717, 1.165) is 18.3 Å². The first-order valence-electron chi connectivity index (χ1n) is 6.58. The highest BCUT2D eigenvalue weighted by atomic mass is 16.3. The van der Waals surface area contributed by atoms with Crippen molar-refractivity contribution in [1.29, 1.82) is 0 Å². The van der Waals surface area contributed by atoms with Crippen molar-refractivity contribution < 1.29 is 5.11 Å². The van der Waals surface area contributed by atoms with Crippen LogP contribution < -0.4 is 0 Å². The molecule has 1 aliphatic rings. The molecule has 0 bridgehead atoms. The number of likely N-dealkylation sites (tertiary alicyclic amines) is 1. The number of hydrogen-bond acceptors (Lipinski definition) is 2. The summed E-state index contributed by atoms with van der Waals surface area (Å²) in [6.45, 7) is 9.44. The summed E-state index contributed by atoms with van der Waals surface area (Å²) in [5.41, 5.74) is 1.31. The highest BCUT2D eigenvalue weighted by molar-refractivity contribution is 5.26. The zero-order valence-electron chi connectivity index (χ0n) is 11.1. The van der Waals surface area contributed by atoms with Gasteiger partial charge in [0, 0.05) is 19.1 Å². The van der Waals surface area contributed by atoms with E-state index in [9.17, 15) is 5.11 Å². The largest absolute Gasteiger partial charge is 0.508 e. The zero-order valence-corrected chi connectivity index (χ0v) is 11.1. The van der Waals surface area contributed by atoms with E-state index in [-0.39, 0.29) is 0 Å². The third kappa shape index (κ3) is 3.01. The van der Waals surface area contributed by atoms with Crippen molar-refractivity contribution in [2.24, 2.45) is 11.8 Å². The van der Waals surface area contributed by atoms with E-state index in [0.29, 0.717) is 11.8 Å². The van der Waals surface area contributed by atoms with Crippen LogP contribution in [0.1, 0.15) is 26.3 Å². The van der Waals surface area contributed by atoms with E-state index in [2.05, 4.69) is 25.7 Å². The third-order valence-corrected chi connectivity index (χ3v) is 4.11. The molecule has 1 fully saturated rings. The quantitative estimate of drug-likeness (QED) is 0.867. The van der Waals surface area contributed by atoms with Gasteiger partial charge in [0.05, 0.1) is 0 Å². The number of benzene rings is 1. The number of phenolic OH excluding ortho intramolecular Hbond substituents is 1. The molecule has 0 aliphatic carbocycles. The molecule has 0 spiro atoms. The number of rotatable bonds is 3. The summed E-state index contributed by atoms with van der Waals surface area (Å²) in [4.78, 5) is 2.59. The molecule has 1 aromatic carbocycles. The van der Waals surface area contributed by atoms with Gasteiger partial charge in [-0.3, -0.25) is 4.90 Å². The Labute approximate surface area is 104 Å². The maximum Gasteiger partial charge on any atom is 0.115 e. The molecule has 2 heteroatoms. The van der Waals surface area contributed by atoms with Crippen molar-refractivity contribution in [3.05, 3.63) is 29.8 Å². The van der Waals surface area contributed by atoms with E-state index in [1.807, 2.05) is 12.1 Å². The fourth-order valence-electron chi connectivity index (χ4n) is 2.64. The van der Waals surface area contributed by atoms with Crippen LogP contribution in [0.15, 0.2) is 24.3 Å². The first kappa shape index (κ1) is 12.4. The minimum atomic E-state index is 0.352. The molecule has 2 rings (SSSR count). The highest BCUT2D eigenvalue weighted by Gasteiger charge is 2.28. The molecule has 3 atom stereocenters. The molecule has 94 valence electrons. The Bertz CT molecular complexity index is 350. The Morgan fingerprint density at radius 3 is 2.24 bits per heavy atom. The summed E-state index contributed by atoms with van der Waals surface area (Å²) in [6.07, 6.45) is 1.07. The first-order chi connectivity index (χ1) is 8.06. The normalized spacial score (nSPS) is 27.2. The fraction of sp³-hybridized carbons (Fsp3) is 0.600. The van der Waals surface area contributed by atoms with Crippen LogP contribution in [0.4, 0.5) is 0 Å². The summed E-state index contributed by atoms with van der Waals surface area (Å²) >= 11 is 0. The van der Waals surface area contributed by atoms with Crippen LogP contribution in [0.2, 0.25) is 0 Å². The Hall–Kier alpha value is -1.02. The summed E-state index contributed by atoms with van der Waals surface area (Å²) in [5.74, 6) is 1.99. The van der Waals surface area contributed by atoms with Crippen LogP contribution >= 0.6 is 0 Å². The lowest BCUT2D eigenvalue weighted by atomic mass is 10.0. The van der Waals surface area contributed by atoms with Gasteiger partial charge in [-0.15, -0.1) is 0 Å². The van der Waals surface area contributed by atoms with Crippen molar-refractivity contribution >= 4 is 0 Å². The average molecular weight is 233 g/mol. The van der Waals surface area contributed by atoms with Gasteiger partial charge < -0.3 is 5.11 Å². The second-order valence-corrected chi connectivity index (χ2v) is 5.63. The summed E-state index contributed by atoms with van der Waals surface area (Å²) in [7, 11) is 0. The minimum Gasteiger partial charge on any atom is -0.508 e. The molecule has 0 aromatic heterocycles. The van der Waals surface area contributed by atoms with E-state index in [1.54, 1.807) is 12.1 Å². The number of phenols is 1. The standard InChI is InChI=1S/C15H23NO/c1-11-9-16(10-12(11)2)13(3)8-14-4-6-15(17)7-5-14/h4-7,11-13,17H,8-10H2,1-3H3. The van der Waals surface area contributed by atoms with Crippen LogP contribution in [0.3, 0.4) is 0 Å². The van der Waals surface area contributed by atoms with E-state index in [1.165, 1.54) is 18.7 Å². The Balaban J connectivity index is 1.93. The Morgan fingerprint density at radius 1 is 1.18 bits per heavy atom. The van der Waals surface area contributed by atoms with Gasteiger partial charge in [-0.05, 0) is 42.9 Å². The number of hydrogen-bond donors (Lipinski definition) is 1. The summed E-state index contributed by atoms with van der Waals surface area (Å²) < 4.78 is 0. The van der Waals surface area contributed by atoms with Crippen molar-refractivity contribution in [3.63, 3.8) is 0 Å². The molecule has 0 radical (unpaired) electrons. The van der Waals surface area contributed by atoms with Crippen molar-refractivity contribution in [1.82, 2.24) is 4.90 Å². The van der Waals surface area contributed by atoms with Gasteiger partial charge in [0.15, 0.2) is 0 Å². The summed E-state index contributed by atoms with van der Waals surface area (Å²) in [5, 5.41) is 9.26. The average Bonchev–Trinajstić information content (AvgIpc) is 2.63. The van der Waals surface area contributed by atoms with Gasteiger partial charge in [0.1, 0.15) is 5.75 Å². The lowest BCUT2D eigenvalue weighted by molar-refractivity contribution is 0.246. The smallest absolute Gasteiger partial charge is 0.115 e. The van der Waals surface area contributed by atoms with Crippen LogP contribution in [0.5, 0.6) is 5.75 Å². The maximum atomic E-state index is 9.26. The van der Waals surface area contributed by atoms with Gasteiger partial charge >= 0.3 is 0 Å². The van der Waals surface area contributed by atoms with E-state index >= 15 is 0 Å². The molecule has 0 amide bonds. The van der Waals surface area contributed by atoms with Crippen LogP contribution in [-0.2, 0) is 6.42 Å². The second kappa shape index (κ2) is 5.09. The molecular formula is C15H23NO. The van der Waals surface area contributed by atoms with E-state index in [4.69, 9.17) is 0 Å². The minimum absolute atomic E-state index is 0.352. The predicted molar refractivity (Wildman–Crippen MR) is 71.2 cm³/mol. The van der Waals surface area contributed by atoms with Gasteiger partial charge in [0.25, 0.3) is 0 Å². The molecule has 1 aliphatic heterocycles. The molecule has 1 N–H and O–H groups in total. The second-order valence-electron chi connectivity index (χ2n) is 5.63. The molecule has 0 saturated carbocycles. The predicted octanol–water partition coefficient (Wildman–Crippen LogP) is 2.91.